The topological polar surface area (TPSA) is 64.6 Å². The third kappa shape index (κ3) is 5.40. The molecule has 0 aliphatic rings. The molecule has 0 radical (unpaired) electrons. The minimum atomic E-state index is -0.926. The van der Waals surface area contributed by atoms with Crippen molar-refractivity contribution in [1.82, 2.24) is 5.32 Å². The highest BCUT2D eigenvalue weighted by atomic mass is 19.1. The van der Waals surface area contributed by atoms with E-state index in [2.05, 4.69) is 11.9 Å². The van der Waals surface area contributed by atoms with Gasteiger partial charge in [0.1, 0.15) is 0 Å². The molecule has 0 aliphatic heterocycles. The minimum absolute atomic E-state index is 0.118. The lowest BCUT2D eigenvalue weighted by Crippen LogP contribution is -2.35. The van der Waals surface area contributed by atoms with Crippen molar-refractivity contribution in [2.45, 2.75) is 13.0 Å². The van der Waals surface area contributed by atoms with Crippen molar-refractivity contribution in [2.75, 3.05) is 13.7 Å². The van der Waals surface area contributed by atoms with Gasteiger partial charge >= 0.3 is 5.97 Å². The molecule has 0 saturated carbocycles. The van der Waals surface area contributed by atoms with Crippen LogP contribution in [0.5, 0.6) is 5.75 Å². The molecule has 0 unspecified atom stereocenters. The average molecular weight is 307 g/mol. The number of carbonyl (C=O) groups excluding carboxylic acids is 2. The van der Waals surface area contributed by atoms with Crippen LogP contribution in [0.15, 0.2) is 36.9 Å². The zero-order valence-corrected chi connectivity index (χ0v) is 12.5. The molecule has 1 amide bonds. The first-order chi connectivity index (χ1) is 10.5. The normalized spacial score (nSPS) is 11.8. The lowest BCUT2D eigenvalue weighted by Gasteiger charge is -2.11. The first kappa shape index (κ1) is 17.4. The maximum atomic E-state index is 13.5. The van der Waals surface area contributed by atoms with Crippen molar-refractivity contribution in [3.63, 3.8) is 0 Å². The highest BCUT2D eigenvalue weighted by Gasteiger charge is 2.15. The number of benzene rings is 1. The second-order valence-electron chi connectivity index (χ2n) is 4.34. The van der Waals surface area contributed by atoms with E-state index in [1.54, 1.807) is 6.07 Å². The van der Waals surface area contributed by atoms with Gasteiger partial charge in [0, 0.05) is 12.6 Å². The summed E-state index contributed by atoms with van der Waals surface area (Å²) in [6.45, 7) is 5.21. The number of esters is 1. The zero-order valence-electron chi connectivity index (χ0n) is 12.5. The van der Waals surface area contributed by atoms with E-state index >= 15 is 0 Å². The molecule has 1 rings (SSSR count). The van der Waals surface area contributed by atoms with Gasteiger partial charge in [-0.2, -0.15) is 0 Å². The average Bonchev–Trinajstić information content (AvgIpc) is 2.50. The second kappa shape index (κ2) is 8.61. The molecule has 1 atom stereocenters. The van der Waals surface area contributed by atoms with Gasteiger partial charge < -0.3 is 14.8 Å². The van der Waals surface area contributed by atoms with Gasteiger partial charge in [-0.15, -0.1) is 6.58 Å². The van der Waals surface area contributed by atoms with Gasteiger partial charge in [-0.05, 0) is 30.7 Å². The summed E-state index contributed by atoms with van der Waals surface area (Å²) in [6, 6.07) is 4.26. The van der Waals surface area contributed by atoms with E-state index in [0.717, 1.165) is 6.08 Å². The van der Waals surface area contributed by atoms with Gasteiger partial charge in [-0.1, -0.05) is 12.1 Å². The maximum absolute atomic E-state index is 13.5. The second-order valence-corrected chi connectivity index (χ2v) is 4.34. The van der Waals surface area contributed by atoms with Crippen LogP contribution in [0.3, 0.4) is 0 Å². The van der Waals surface area contributed by atoms with Crippen molar-refractivity contribution < 1.29 is 23.5 Å². The van der Waals surface area contributed by atoms with Crippen LogP contribution in [0.1, 0.15) is 12.5 Å². The molecule has 0 spiro atoms. The molecule has 1 N–H and O–H groups in total. The fourth-order valence-electron chi connectivity index (χ4n) is 1.53. The summed E-state index contributed by atoms with van der Waals surface area (Å²) in [5.41, 5.74) is 0.471. The van der Waals surface area contributed by atoms with Crippen LogP contribution in [-0.4, -0.2) is 31.6 Å². The third-order valence-corrected chi connectivity index (χ3v) is 2.67. The smallest absolute Gasteiger partial charge is 0.331 e. The van der Waals surface area contributed by atoms with Crippen molar-refractivity contribution in [3.8, 4) is 5.75 Å². The fourth-order valence-corrected chi connectivity index (χ4v) is 1.53. The Morgan fingerprint density at radius 3 is 2.77 bits per heavy atom. The molecule has 0 aromatic heterocycles. The third-order valence-electron chi connectivity index (χ3n) is 2.67. The van der Waals surface area contributed by atoms with Crippen molar-refractivity contribution in [3.05, 3.63) is 48.3 Å². The Morgan fingerprint density at radius 2 is 2.18 bits per heavy atom. The van der Waals surface area contributed by atoms with Gasteiger partial charge in [0.05, 0.1) is 7.11 Å². The molecule has 0 heterocycles. The van der Waals surface area contributed by atoms with E-state index in [9.17, 15) is 14.0 Å². The van der Waals surface area contributed by atoms with Crippen LogP contribution < -0.4 is 10.1 Å². The summed E-state index contributed by atoms with van der Waals surface area (Å²) in [6.07, 6.45) is 3.10. The lowest BCUT2D eigenvalue weighted by molar-refractivity contribution is -0.150. The van der Waals surface area contributed by atoms with E-state index in [-0.39, 0.29) is 5.75 Å². The number of ether oxygens (including phenoxy) is 2. The summed E-state index contributed by atoms with van der Waals surface area (Å²) in [5.74, 6) is -1.53. The maximum Gasteiger partial charge on any atom is 0.331 e. The van der Waals surface area contributed by atoms with E-state index in [1.807, 2.05) is 0 Å². The molecule has 1 aromatic carbocycles. The van der Waals surface area contributed by atoms with Crippen LogP contribution in [-0.2, 0) is 14.3 Å². The molecule has 0 fully saturated rings. The first-order valence-electron chi connectivity index (χ1n) is 6.58. The van der Waals surface area contributed by atoms with Crippen molar-refractivity contribution >= 4 is 18.0 Å². The molecule has 0 aliphatic carbocycles. The predicted molar refractivity (Wildman–Crippen MR) is 80.7 cm³/mol. The molecule has 1 aromatic rings. The predicted octanol–water partition coefficient (Wildman–Crippen LogP) is 2.08. The van der Waals surface area contributed by atoms with Crippen LogP contribution in [0.4, 0.5) is 4.39 Å². The number of halogens is 1. The quantitative estimate of drug-likeness (QED) is 0.476. The van der Waals surface area contributed by atoms with E-state index in [0.29, 0.717) is 12.1 Å². The van der Waals surface area contributed by atoms with Crippen LogP contribution in [0.25, 0.3) is 6.08 Å². The number of nitrogens with one attached hydrogen (secondary N) is 1. The molecule has 6 heteroatoms. The number of carbonyl (C=O) groups is 2. The Labute approximate surface area is 128 Å². The molecule has 0 bridgehead atoms. The van der Waals surface area contributed by atoms with Gasteiger partial charge in [0.2, 0.25) is 0 Å². The van der Waals surface area contributed by atoms with E-state index in [1.165, 1.54) is 38.3 Å². The summed E-state index contributed by atoms with van der Waals surface area (Å²) in [7, 11) is 1.37. The molecular weight excluding hydrogens is 289 g/mol. The van der Waals surface area contributed by atoms with Crippen LogP contribution >= 0.6 is 0 Å². The highest BCUT2D eigenvalue weighted by Crippen LogP contribution is 2.18. The lowest BCUT2D eigenvalue weighted by atomic mass is 10.2. The Bertz CT molecular complexity index is 584. The molecule has 0 saturated heterocycles. The number of hydrogen-bond acceptors (Lipinski definition) is 4. The molecule has 118 valence electrons. The first-order valence-corrected chi connectivity index (χ1v) is 6.58. The Balaban J connectivity index is 2.58. The number of hydrogen-bond donors (Lipinski definition) is 1. The largest absolute Gasteiger partial charge is 0.494 e. The number of methoxy groups -OCH3 is 1. The van der Waals surface area contributed by atoms with Crippen molar-refractivity contribution in [1.29, 1.82) is 0 Å². The van der Waals surface area contributed by atoms with Gasteiger partial charge in [-0.25, -0.2) is 9.18 Å². The van der Waals surface area contributed by atoms with Crippen LogP contribution in [0.2, 0.25) is 0 Å². The Hall–Kier alpha value is -2.63. The fraction of sp³-hybridized carbons (Fsp3) is 0.250. The Morgan fingerprint density at radius 1 is 1.45 bits per heavy atom. The summed E-state index contributed by atoms with van der Waals surface area (Å²) < 4.78 is 23.2. The standard InChI is InChI=1S/C16H18FNO4/c1-4-9-18-16(20)11(2)22-15(19)8-6-12-5-7-14(21-3)13(17)10-12/h4-8,10-11H,1,9H2,2-3H3,(H,18,20)/b8-6+/t11-/m1/s1. The molecular formula is C16H18FNO4. The summed E-state index contributed by atoms with van der Waals surface area (Å²) >= 11 is 0. The highest BCUT2D eigenvalue weighted by molar-refractivity contribution is 5.90. The molecule has 5 nitrogen and oxygen atoms in total. The minimum Gasteiger partial charge on any atom is -0.494 e. The zero-order chi connectivity index (χ0) is 16.5. The summed E-state index contributed by atoms with van der Waals surface area (Å²) in [5, 5.41) is 2.51. The number of amides is 1. The summed E-state index contributed by atoms with van der Waals surface area (Å²) in [4.78, 5) is 23.1. The van der Waals surface area contributed by atoms with Gasteiger partial charge in [0.25, 0.3) is 5.91 Å². The van der Waals surface area contributed by atoms with E-state index < -0.39 is 23.8 Å². The Kier molecular flexibility index (Phi) is 6.82. The van der Waals surface area contributed by atoms with Crippen molar-refractivity contribution in [2.24, 2.45) is 0 Å². The number of rotatable bonds is 7. The SMILES string of the molecule is C=CCNC(=O)[C@@H](C)OC(=O)/C=C/c1ccc(OC)c(F)c1. The molecule has 22 heavy (non-hydrogen) atoms. The monoisotopic (exact) mass is 307 g/mol. The van der Waals surface area contributed by atoms with Gasteiger partial charge in [-0.3, -0.25) is 4.79 Å². The van der Waals surface area contributed by atoms with Crippen LogP contribution in [0, 0.1) is 5.82 Å². The van der Waals surface area contributed by atoms with Gasteiger partial charge in [0.15, 0.2) is 17.7 Å². The van der Waals surface area contributed by atoms with E-state index in [4.69, 9.17) is 9.47 Å².